The summed E-state index contributed by atoms with van der Waals surface area (Å²) >= 11 is 24.3. The Labute approximate surface area is 120 Å². The molecule has 17 heavy (non-hydrogen) atoms. The molecular weight excluding hydrogens is 300 g/mol. The monoisotopic (exact) mass is 307 g/mol. The third-order valence-electron chi connectivity index (χ3n) is 2.54. The molecule has 1 aromatic carbocycles. The molecule has 0 spiro atoms. The van der Waals surface area contributed by atoms with Crippen LogP contribution in [0.1, 0.15) is 12.0 Å². The standard InChI is InChI=1S/C12H9Cl4N/c13-7-1-2-11(15)9(5-7)10-6-8(14)3-4-12(10,16)17/h1-3,5-6H,4,17H2. The maximum atomic E-state index is 6.27. The van der Waals surface area contributed by atoms with Gasteiger partial charge in [-0.2, -0.15) is 0 Å². The molecule has 0 aromatic heterocycles. The lowest BCUT2D eigenvalue weighted by molar-refractivity contribution is 0.761. The van der Waals surface area contributed by atoms with E-state index in [0.717, 1.165) is 0 Å². The van der Waals surface area contributed by atoms with Gasteiger partial charge in [-0.1, -0.05) is 52.5 Å². The number of alkyl halides is 1. The van der Waals surface area contributed by atoms with Crippen molar-refractivity contribution >= 4 is 52.0 Å². The van der Waals surface area contributed by atoms with E-state index >= 15 is 0 Å². The van der Waals surface area contributed by atoms with Gasteiger partial charge in [0.15, 0.2) is 0 Å². The molecule has 1 aromatic rings. The lowest BCUT2D eigenvalue weighted by atomic mass is 9.92. The van der Waals surface area contributed by atoms with Crippen LogP contribution in [0.25, 0.3) is 5.57 Å². The smallest absolute Gasteiger partial charge is 0.121 e. The van der Waals surface area contributed by atoms with Crippen LogP contribution < -0.4 is 5.73 Å². The Morgan fingerprint density at radius 2 is 1.88 bits per heavy atom. The quantitative estimate of drug-likeness (QED) is 0.585. The number of allylic oxidation sites excluding steroid dienone is 2. The largest absolute Gasteiger partial charge is 0.309 e. The first-order valence-corrected chi connectivity index (χ1v) is 6.42. The summed E-state index contributed by atoms with van der Waals surface area (Å²) in [7, 11) is 0. The first-order chi connectivity index (χ1) is 7.90. The molecule has 2 N–H and O–H groups in total. The molecule has 1 unspecified atom stereocenters. The molecule has 1 aliphatic rings. The Bertz CT molecular complexity index is 517. The zero-order chi connectivity index (χ0) is 12.6. The van der Waals surface area contributed by atoms with Crippen LogP contribution in [0.15, 0.2) is 35.4 Å². The van der Waals surface area contributed by atoms with Gasteiger partial charge in [0.05, 0.1) is 0 Å². The molecule has 1 nitrogen and oxygen atoms in total. The highest BCUT2D eigenvalue weighted by Crippen LogP contribution is 2.40. The Morgan fingerprint density at radius 3 is 2.59 bits per heavy atom. The second-order valence-electron chi connectivity index (χ2n) is 3.84. The predicted molar refractivity (Wildman–Crippen MR) is 75.8 cm³/mol. The molecular formula is C12H9Cl4N. The first-order valence-electron chi connectivity index (χ1n) is 4.91. The van der Waals surface area contributed by atoms with E-state index in [1.807, 2.05) is 0 Å². The first kappa shape index (κ1) is 13.3. The molecule has 0 saturated heterocycles. The van der Waals surface area contributed by atoms with Crippen LogP contribution in [-0.2, 0) is 0 Å². The van der Waals surface area contributed by atoms with Crippen molar-refractivity contribution in [3.63, 3.8) is 0 Å². The fraction of sp³-hybridized carbons (Fsp3) is 0.167. The number of nitrogens with two attached hydrogens (primary N) is 1. The van der Waals surface area contributed by atoms with E-state index in [1.54, 1.807) is 30.4 Å². The van der Waals surface area contributed by atoms with Crippen molar-refractivity contribution in [1.82, 2.24) is 0 Å². The number of rotatable bonds is 1. The molecule has 1 atom stereocenters. The molecule has 1 aliphatic carbocycles. The lowest BCUT2D eigenvalue weighted by Crippen LogP contribution is -2.35. The maximum absolute atomic E-state index is 6.27. The number of benzene rings is 1. The van der Waals surface area contributed by atoms with Crippen LogP contribution in [0, 0.1) is 0 Å². The van der Waals surface area contributed by atoms with Crippen LogP contribution in [0.3, 0.4) is 0 Å². The van der Waals surface area contributed by atoms with Crippen LogP contribution in [0.2, 0.25) is 10.0 Å². The van der Waals surface area contributed by atoms with Crippen LogP contribution >= 0.6 is 46.4 Å². The molecule has 0 amide bonds. The Balaban J connectivity index is 2.58. The van der Waals surface area contributed by atoms with Gasteiger partial charge in [-0.25, -0.2) is 0 Å². The summed E-state index contributed by atoms with van der Waals surface area (Å²) < 4.78 is 0. The Morgan fingerprint density at radius 1 is 1.18 bits per heavy atom. The highest BCUT2D eigenvalue weighted by molar-refractivity contribution is 6.38. The highest BCUT2D eigenvalue weighted by atomic mass is 35.5. The average molecular weight is 309 g/mol. The van der Waals surface area contributed by atoms with Gasteiger partial charge in [0.1, 0.15) is 5.00 Å². The van der Waals surface area contributed by atoms with E-state index in [2.05, 4.69) is 0 Å². The van der Waals surface area contributed by atoms with Crippen LogP contribution in [0.4, 0.5) is 0 Å². The summed E-state index contributed by atoms with van der Waals surface area (Å²) in [5.74, 6) is 0. The van der Waals surface area contributed by atoms with Gasteiger partial charge in [0.2, 0.25) is 0 Å². The lowest BCUT2D eigenvalue weighted by Gasteiger charge is -2.28. The average Bonchev–Trinajstić information content (AvgIpc) is 2.26. The van der Waals surface area contributed by atoms with E-state index in [-0.39, 0.29) is 0 Å². The summed E-state index contributed by atoms with van der Waals surface area (Å²) in [4.78, 5) is -1.01. The molecule has 5 heteroatoms. The van der Waals surface area contributed by atoms with Crippen LogP contribution in [0.5, 0.6) is 0 Å². The topological polar surface area (TPSA) is 26.0 Å². The third-order valence-corrected chi connectivity index (χ3v) is 3.73. The van der Waals surface area contributed by atoms with Crippen molar-refractivity contribution in [3.8, 4) is 0 Å². The molecule has 0 saturated carbocycles. The van der Waals surface area contributed by atoms with Crippen LogP contribution in [-0.4, -0.2) is 5.00 Å². The van der Waals surface area contributed by atoms with Crippen molar-refractivity contribution < 1.29 is 0 Å². The zero-order valence-electron chi connectivity index (χ0n) is 8.68. The molecule has 0 fully saturated rings. The highest BCUT2D eigenvalue weighted by Gasteiger charge is 2.31. The summed E-state index contributed by atoms with van der Waals surface area (Å²) in [6, 6.07) is 5.15. The van der Waals surface area contributed by atoms with Crippen molar-refractivity contribution in [3.05, 3.63) is 51.0 Å². The summed E-state index contributed by atoms with van der Waals surface area (Å²) in [6.45, 7) is 0. The van der Waals surface area contributed by atoms with Gasteiger partial charge >= 0.3 is 0 Å². The predicted octanol–water partition coefficient (Wildman–Crippen LogP) is 4.80. The number of halogens is 4. The van der Waals surface area contributed by atoms with Crippen molar-refractivity contribution in [2.75, 3.05) is 0 Å². The molecule has 0 aliphatic heterocycles. The zero-order valence-corrected chi connectivity index (χ0v) is 11.7. The second-order valence-corrected chi connectivity index (χ2v) is 5.79. The van der Waals surface area contributed by atoms with Gasteiger partial charge < -0.3 is 5.73 Å². The molecule has 0 radical (unpaired) electrons. The second kappa shape index (κ2) is 4.83. The fourth-order valence-corrected chi connectivity index (χ4v) is 2.49. The summed E-state index contributed by atoms with van der Waals surface area (Å²) in [6.07, 6.45) is 3.94. The van der Waals surface area contributed by atoms with E-state index in [0.29, 0.717) is 32.6 Å². The molecule has 0 bridgehead atoms. The summed E-state index contributed by atoms with van der Waals surface area (Å²) in [5.41, 5.74) is 7.42. The fourth-order valence-electron chi connectivity index (χ4n) is 1.68. The minimum absolute atomic E-state index is 0.446. The molecule has 0 heterocycles. The third kappa shape index (κ3) is 2.81. The number of hydrogen-bond acceptors (Lipinski definition) is 1. The van der Waals surface area contributed by atoms with Gasteiger partial charge in [-0.3, -0.25) is 0 Å². The SMILES string of the molecule is NC1(Cl)CC=C(Cl)C=C1c1cc(Cl)ccc1Cl. The molecule has 90 valence electrons. The van der Waals surface area contributed by atoms with E-state index in [1.165, 1.54) is 0 Å². The van der Waals surface area contributed by atoms with Gasteiger partial charge in [-0.15, -0.1) is 0 Å². The van der Waals surface area contributed by atoms with Gasteiger partial charge in [0.25, 0.3) is 0 Å². The minimum atomic E-state index is -1.01. The van der Waals surface area contributed by atoms with E-state index in [9.17, 15) is 0 Å². The Hall–Kier alpha value is -0.180. The normalized spacial score (nSPS) is 24.3. The van der Waals surface area contributed by atoms with Crippen molar-refractivity contribution in [2.45, 2.75) is 11.4 Å². The van der Waals surface area contributed by atoms with Gasteiger partial charge in [-0.05, 0) is 29.8 Å². The van der Waals surface area contributed by atoms with E-state index in [4.69, 9.17) is 52.1 Å². The van der Waals surface area contributed by atoms with E-state index < -0.39 is 5.00 Å². The molecule has 2 rings (SSSR count). The Kier molecular flexibility index (Phi) is 3.77. The minimum Gasteiger partial charge on any atom is -0.309 e. The maximum Gasteiger partial charge on any atom is 0.121 e. The van der Waals surface area contributed by atoms with Crippen molar-refractivity contribution in [1.29, 1.82) is 0 Å². The van der Waals surface area contributed by atoms with Crippen molar-refractivity contribution in [2.24, 2.45) is 5.73 Å². The summed E-state index contributed by atoms with van der Waals surface area (Å²) in [5, 5.41) is 1.71. The van der Waals surface area contributed by atoms with Gasteiger partial charge in [0, 0.05) is 27.1 Å². The number of hydrogen-bond donors (Lipinski definition) is 1.